The molecule has 0 bridgehead atoms. The molecule has 3 heteroatoms. The van der Waals surface area contributed by atoms with Crippen LogP contribution in [0.5, 0.6) is 0 Å². The molecule has 53 heavy (non-hydrogen) atoms. The van der Waals surface area contributed by atoms with Gasteiger partial charge in [0, 0.05) is 6.61 Å². The largest absolute Gasteiger partial charge is 0.367 e. The van der Waals surface area contributed by atoms with E-state index in [1.807, 2.05) is 0 Å². The first kappa shape index (κ1) is 47.0. The third kappa shape index (κ3) is 24.8. The van der Waals surface area contributed by atoms with E-state index in [9.17, 15) is 0 Å². The maximum Gasteiger partial charge on any atom is 0.157 e. The van der Waals surface area contributed by atoms with Crippen molar-refractivity contribution in [1.29, 1.82) is 0 Å². The Kier molecular flexibility index (Phi) is 24.3. The molecule has 2 saturated heterocycles. The number of allylic oxidation sites excluding steroid dienone is 15. The molecular weight excluding hydrogens is 649 g/mol. The number of rotatable bonds is 27. The molecule has 0 aromatic heterocycles. The van der Waals surface area contributed by atoms with Crippen molar-refractivity contribution in [3.05, 3.63) is 93.2 Å². The van der Waals surface area contributed by atoms with Gasteiger partial charge in [-0.1, -0.05) is 93.2 Å². The van der Waals surface area contributed by atoms with Crippen LogP contribution in [0.2, 0.25) is 0 Å². The van der Waals surface area contributed by atoms with Crippen LogP contribution in [0, 0.1) is 0 Å². The molecule has 0 aromatic carbocycles. The highest BCUT2D eigenvalue weighted by molar-refractivity contribution is 5.10. The fourth-order valence-corrected chi connectivity index (χ4v) is 6.88. The summed E-state index contributed by atoms with van der Waals surface area (Å²) in [5, 5.41) is 0. The molecule has 0 amide bonds. The van der Waals surface area contributed by atoms with E-state index >= 15 is 0 Å². The van der Waals surface area contributed by atoms with Gasteiger partial charge in [-0.25, -0.2) is 0 Å². The van der Waals surface area contributed by atoms with E-state index in [2.05, 4.69) is 118 Å². The van der Waals surface area contributed by atoms with Gasteiger partial charge in [0.1, 0.15) is 0 Å². The summed E-state index contributed by atoms with van der Waals surface area (Å²) in [7, 11) is 0. The maximum absolute atomic E-state index is 5.84. The van der Waals surface area contributed by atoms with E-state index in [4.69, 9.17) is 14.2 Å². The summed E-state index contributed by atoms with van der Waals surface area (Å²) in [6, 6.07) is 0. The van der Waals surface area contributed by atoms with Gasteiger partial charge in [-0.3, -0.25) is 0 Å². The van der Waals surface area contributed by atoms with Crippen molar-refractivity contribution >= 4 is 0 Å². The molecule has 0 aromatic rings. The summed E-state index contributed by atoms with van der Waals surface area (Å²) >= 11 is 0. The molecule has 2 fully saturated rings. The first-order valence-corrected chi connectivity index (χ1v) is 21.5. The van der Waals surface area contributed by atoms with E-state index < -0.39 is 0 Å². The minimum Gasteiger partial charge on any atom is -0.367 e. The van der Waals surface area contributed by atoms with E-state index in [1.165, 1.54) is 89.5 Å². The molecule has 0 spiro atoms. The smallest absolute Gasteiger partial charge is 0.157 e. The van der Waals surface area contributed by atoms with E-state index in [0.29, 0.717) is 12.7 Å². The second-order valence-corrected chi connectivity index (χ2v) is 17.1. The fraction of sp³-hybridized carbons (Fsp3) is 0.680. The predicted molar refractivity (Wildman–Crippen MR) is 232 cm³/mol. The molecule has 0 saturated carbocycles. The minimum atomic E-state index is 0.00397. The third-order valence-corrected chi connectivity index (χ3v) is 11.0. The van der Waals surface area contributed by atoms with Crippen LogP contribution in [0.3, 0.4) is 0 Å². The zero-order valence-electron chi connectivity index (χ0n) is 36.3. The monoisotopic (exact) mass is 731 g/mol. The Labute approximate surface area is 328 Å². The van der Waals surface area contributed by atoms with E-state index in [1.54, 1.807) is 0 Å². The van der Waals surface area contributed by atoms with Crippen molar-refractivity contribution in [3.8, 4) is 0 Å². The van der Waals surface area contributed by atoms with Crippen LogP contribution < -0.4 is 0 Å². The zero-order valence-corrected chi connectivity index (χ0v) is 36.3. The summed E-state index contributed by atoms with van der Waals surface area (Å²) < 4.78 is 17.2. The van der Waals surface area contributed by atoms with Gasteiger partial charge in [-0.05, 0) is 191 Å². The molecule has 2 heterocycles. The highest BCUT2D eigenvalue weighted by atomic mass is 16.7. The lowest BCUT2D eigenvalue weighted by Crippen LogP contribution is -2.22. The van der Waals surface area contributed by atoms with Crippen LogP contribution in [0.4, 0.5) is 0 Å². The standard InChI is InChI=1S/C50H82O3/c1-40(22-14-24-42(3)26-16-28-44(5)30-18-32-46(7)35-36-48-50(9,10)53-48)20-13-21-41(2)23-15-25-43(4)27-17-29-45(6)31-19-33-47(8)37-39-52-49-34-11-12-38-51-49/h20,23-24,27-28,31-32,37,48-49H,11-19,21-22,25-26,29-30,33-36,38-39H2,1-10H3/b40-20+,41-23+,42-24+,43-27+,44-28+,45-31+,46-32+,47-37+. The van der Waals surface area contributed by atoms with Crippen molar-refractivity contribution in [2.45, 2.75) is 209 Å². The van der Waals surface area contributed by atoms with Gasteiger partial charge < -0.3 is 14.2 Å². The molecule has 300 valence electrons. The number of ether oxygens (including phenoxy) is 3. The van der Waals surface area contributed by atoms with E-state index in [0.717, 1.165) is 83.7 Å². The molecule has 2 atom stereocenters. The van der Waals surface area contributed by atoms with Crippen LogP contribution in [-0.2, 0) is 14.2 Å². The molecular formula is C50H82O3. The summed E-state index contributed by atoms with van der Waals surface area (Å²) in [6.07, 6.45) is 41.7. The molecule has 2 aliphatic rings. The molecule has 2 aliphatic heterocycles. The van der Waals surface area contributed by atoms with Crippen molar-refractivity contribution in [2.75, 3.05) is 13.2 Å². The molecule has 2 rings (SSSR count). The summed E-state index contributed by atoms with van der Waals surface area (Å²) in [5.41, 5.74) is 12.2. The summed E-state index contributed by atoms with van der Waals surface area (Å²) in [5.74, 6) is 0. The lowest BCUT2D eigenvalue weighted by atomic mass is 10.0. The highest BCUT2D eigenvalue weighted by Crippen LogP contribution is 2.39. The Hall–Kier alpha value is -2.20. The Bertz CT molecular complexity index is 1290. The van der Waals surface area contributed by atoms with E-state index in [-0.39, 0.29) is 11.9 Å². The van der Waals surface area contributed by atoms with Gasteiger partial charge in [-0.2, -0.15) is 0 Å². The summed E-state index contributed by atoms with van der Waals surface area (Å²) in [6.45, 7) is 24.2. The Morgan fingerprint density at radius 3 is 1.11 bits per heavy atom. The zero-order chi connectivity index (χ0) is 38.9. The Morgan fingerprint density at radius 2 is 0.811 bits per heavy atom. The predicted octanol–water partition coefficient (Wildman–Crippen LogP) is 15.5. The van der Waals surface area contributed by atoms with Crippen LogP contribution in [0.1, 0.15) is 191 Å². The van der Waals surface area contributed by atoms with Crippen molar-refractivity contribution in [1.82, 2.24) is 0 Å². The molecule has 2 unspecified atom stereocenters. The fourth-order valence-electron chi connectivity index (χ4n) is 6.88. The second kappa shape index (κ2) is 27.4. The summed E-state index contributed by atoms with van der Waals surface area (Å²) in [4.78, 5) is 0. The topological polar surface area (TPSA) is 31.0 Å². The van der Waals surface area contributed by atoms with Crippen molar-refractivity contribution < 1.29 is 14.2 Å². The first-order valence-electron chi connectivity index (χ1n) is 21.5. The van der Waals surface area contributed by atoms with Crippen LogP contribution in [-0.4, -0.2) is 31.2 Å². The number of hydrogen-bond acceptors (Lipinski definition) is 3. The Balaban J connectivity index is 1.51. The second-order valence-electron chi connectivity index (χ2n) is 17.1. The maximum atomic E-state index is 5.84. The van der Waals surface area contributed by atoms with Crippen molar-refractivity contribution in [3.63, 3.8) is 0 Å². The van der Waals surface area contributed by atoms with Gasteiger partial charge in [0.15, 0.2) is 6.29 Å². The highest BCUT2D eigenvalue weighted by Gasteiger charge is 2.46. The molecule has 0 radical (unpaired) electrons. The number of epoxide rings is 1. The van der Waals surface area contributed by atoms with Gasteiger partial charge in [0.2, 0.25) is 0 Å². The normalized spacial score (nSPS) is 21.1. The van der Waals surface area contributed by atoms with Gasteiger partial charge >= 0.3 is 0 Å². The molecule has 0 N–H and O–H groups in total. The molecule has 3 nitrogen and oxygen atoms in total. The average Bonchev–Trinajstić information content (AvgIpc) is 3.73. The Morgan fingerprint density at radius 1 is 0.491 bits per heavy atom. The van der Waals surface area contributed by atoms with Gasteiger partial charge in [0.05, 0.1) is 18.3 Å². The quantitative estimate of drug-likeness (QED) is 0.0623. The lowest BCUT2D eigenvalue weighted by Gasteiger charge is -2.22. The van der Waals surface area contributed by atoms with Crippen LogP contribution >= 0.6 is 0 Å². The SMILES string of the molecule is C/C(=C\CC/C(C)=C/CC/C(C)=C/CC/C(C)=C/COC1CCCCO1)CC/C=C(\C)CC/C=C(\C)CC/C=C(\C)CC/C=C(\C)CCC1OC1(C)C. The van der Waals surface area contributed by atoms with Crippen molar-refractivity contribution in [2.24, 2.45) is 0 Å². The average molecular weight is 731 g/mol. The third-order valence-electron chi connectivity index (χ3n) is 11.0. The first-order chi connectivity index (χ1) is 25.3. The van der Waals surface area contributed by atoms with Gasteiger partial charge in [-0.15, -0.1) is 0 Å². The minimum absolute atomic E-state index is 0.00397. The van der Waals surface area contributed by atoms with Crippen LogP contribution in [0.25, 0.3) is 0 Å². The van der Waals surface area contributed by atoms with Gasteiger partial charge in [0.25, 0.3) is 0 Å². The lowest BCUT2D eigenvalue weighted by molar-refractivity contribution is -0.155. The number of hydrogen-bond donors (Lipinski definition) is 0. The van der Waals surface area contributed by atoms with Crippen LogP contribution in [0.15, 0.2) is 93.2 Å². The molecule has 0 aliphatic carbocycles.